The Bertz CT molecular complexity index is 544. The number of hydrogen-bond acceptors (Lipinski definition) is 3. The number of nitrogens with zero attached hydrogens (tertiary/aromatic N) is 3. The summed E-state index contributed by atoms with van der Waals surface area (Å²) in [5.41, 5.74) is 11.2. The SMILES string of the molecule is COC(=O)CCCc1ccc(C(N=[N+]=[N-])C2CCCCC2)cc1. The zero-order chi connectivity index (χ0) is 16.5. The Morgan fingerprint density at radius 3 is 2.61 bits per heavy atom. The normalized spacial score (nSPS) is 16.4. The molecule has 0 bridgehead atoms. The topological polar surface area (TPSA) is 75.1 Å². The predicted octanol–water partition coefficient (Wildman–Crippen LogP) is 5.11. The van der Waals surface area contributed by atoms with Crippen LogP contribution in [-0.2, 0) is 16.0 Å². The molecule has 5 heteroatoms. The van der Waals surface area contributed by atoms with Crippen LogP contribution in [0.3, 0.4) is 0 Å². The van der Waals surface area contributed by atoms with Gasteiger partial charge < -0.3 is 4.74 Å². The van der Waals surface area contributed by atoms with Gasteiger partial charge in [-0.2, -0.15) is 0 Å². The minimum Gasteiger partial charge on any atom is -0.469 e. The van der Waals surface area contributed by atoms with Crippen molar-refractivity contribution < 1.29 is 9.53 Å². The minimum absolute atomic E-state index is 0.0515. The van der Waals surface area contributed by atoms with E-state index in [9.17, 15) is 4.79 Å². The van der Waals surface area contributed by atoms with E-state index in [-0.39, 0.29) is 12.0 Å². The van der Waals surface area contributed by atoms with Gasteiger partial charge in [-0.15, -0.1) is 0 Å². The number of benzene rings is 1. The standard InChI is InChI=1S/C18H25N3O2/c1-23-17(22)9-5-6-14-10-12-16(13-11-14)18(20-21-19)15-7-3-2-4-8-15/h10-13,15,18H,2-9H2,1H3. The van der Waals surface area contributed by atoms with Gasteiger partial charge in [0.05, 0.1) is 13.2 Å². The third-order valence-electron chi connectivity index (χ3n) is 4.67. The van der Waals surface area contributed by atoms with Crippen LogP contribution in [-0.4, -0.2) is 13.1 Å². The van der Waals surface area contributed by atoms with Gasteiger partial charge >= 0.3 is 5.97 Å². The molecular weight excluding hydrogens is 290 g/mol. The molecule has 1 saturated carbocycles. The van der Waals surface area contributed by atoms with Crippen LogP contribution >= 0.6 is 0 Å². The molecule has 1 aliphatic carbocycles. The highest BCUT2D eigenvalue weighted by atomic mass is 16.5. The van der Waals surface area contributed by atoms with Crippen molar-refractivity contribution in [3.63, 3.8) is 0 Å². The number of methoxy groups -OCH3 is 1. The van der Waals surface area contributed by atoms with Gasteiger partial charge in [-0.25, -0.2) is 0 Å². The van der Waals surface area contributed by atoms with Crippen molar-refractivity contribution in [1.82, 2.24) is 0 Å². The Balaban J connectivity index is 1.98. The van der Waals surface area contributed by atoms with E-state index in [0.717, 1.165) is 31.2 Å². The van der Waals surface area contributed by atoms with Gasteiger partial charge in [-0.3, -0.25) is 4.79 Å². The van der Waals surface area contributed by atoms with E-state index in [1.54, 1.807) is 0 Å². The molecule has 1 aromatic carbocycles. The second kappa shape index (κ2) is 9.21. The van der Waals surface area contributed by atoms with Crippen molar-refractivity contribution >= 4 is 5.97 Å². The zero-order valence-electron chi connectivity index (χ0n) is 13.8. The number of esters is 1. The van der Waals surface area contributed by atoms with Crippen molar-refractivity contribution in [3.8, 4) is 0 Å². The van der Waals surface area contributed by atoms with Crippen molar-refractivity contribution in [3.05, 3.63) is 45.8 Å². The summed E-state index contributed by atoms with van der Waals surface area (Å²) in [6.07, 6.45) is 8.12. The Labute approximate surface area is 137 Å². The molecule has 1 fully saturated rings. The fraction of sp³-hybridized carbons (Fsp3) is 0.611. The average Bonchev–Trinajstić information content (AvgIpc) is 2.61. The molecule has 1 atom stereocenters. The van der Waals surface area contributed by atoms with Gasteiger partial charge in [0.1, 0.15) is 0 Å². The number of carbonyl (C=O) groups excluding carboxylic acids is 1. The van der Waals surface area contributed by atoms with Gasteiger partial charge in [0.2, 0.25) is 0 Å². The first kappa shape index (κ1) is 17.4. The highest BCUT2D eigenvalue weighted by Gasteiger charge is 2.24. The van der Waals surface area contributed by atoms with Gasteiger partial charge in [-0.1, -0.05) is 48.6 Å². The van der Waals surface area contributed by atoms with Crippen molar-refractivity contribution in [2.24, 2.45) is 11.0 Å². The van der Waals surface area contributed by atoms with E-state index in [1.165, 1.54) is 31.9 Å². The fourth-order valence-corrected chi connectivity index (χ4v) is 3.36. The predicted molar refractivity (Wildman–Crippen MR) is 89.9 cm³/mol. The number of aryl methyl sites for hydroxylation is 1. The molecule has 0 spiro atoms. The summed E-state index contributed by atoms with van der Waals surface area (Å²) in [6.45, 7) is 0. The third-order valence-corrected chi connectivity index (χ3v) is 4.67. The first-order valence-electron chi connectivity index (χ1n) is 8.44. The highest BCUT2D eigenvalue weighted by Crippen LogP contribution is 2.37. The molecule has 1 unspecified atom stereocenters. The van der Waals surface area contributed by atoms with Gasteiger partial charge in [0.15, 0.2) is 0 Å². The minimum atomic E-state index is -0.164. The van der Waals surface area contributed by atoms with E-state index < -0.39 is 0 Å². The maximum Gasteiger partial charge on any atom is 0.305 e. The molecule has 2 rings (SSSR count). The Hall–Kier alpha value is -2.00. The molecule has 124 valence electrons. The maximum atomic E-state index is 11.1. The average molecular weight is 315 g/mol. The summed E-state index contributed by atoms with van der Waals surface area (Å²) >= 11 is 0. The van der Waals surface area contributed by atoms with Crippen molar-refractivity contribution in [1.29, 1.82) is 0 Å². The lowest BCUT2D eigenvalue weighted by atomic mass is 9.81. The zero-order valence-corrected chi connectivity index (χ0v) is 13.8. The molecule has 0 saturated heterocycles. The van der Waals surface area contributed by atoms with Crippen LogP contribution in [0.1, 0.15) is 62.1 Å². The number of carbonyl (C=O) groups is 1. The molecule has 1 aromatic rings. The van der Waals surface area contributed by atoms with Gasteiger partial charge in [0, 0.05) is 11.3 Å². The van der Waals surface area contributed by atoms with Crippen LogP contribution in [0.4, 0.5) is 0 Å². The quantitative estimate of drug-likeness (QED) is 0.303. The monoisotopic (exact) mass is 315 g/mol. The van der Waals surface area contributed by atoms with Crippen LogP contribution in [0.15, 0.2) is 29.4 Å². The fourth-order valence-electron chi connectivity index (χ4n) is 3.36. The lowest BCUT2D eigenvalue weighted by molar-refractivity contribution is -0.140. The van der Waals surface area contributed by atoms with E-state index in [1.807, 2.05) is 0 Å². The second-order valence-corrected chi connectivity index (χ2v) is 6.22. The van der Waals surface area contributed by atoms with E-state index >= 15 is 0 Å². The van der Waals surface area contributed by atoms with E-state index in [2.05, 4.69) is 39.0 Å². The van der Waals surface area contributed by atoms with Crippen LogP contribution < -0.4 is 0 Å². The van der Waals surface area contributed by atoms with Crippen molar-refractivity contribution in [2.75, 3.05) is 7.11 Å². The molecule has 1 aliphatic rings. The summed E-state index contributed by atoms with van der Waals surface area (Å²) in [5.74, 6) is 0.298. The number of azide groups is 1. The van der Waals surface area contributed by atoms with Crippen molar-refractivity contribution in [2.45, 2.75) is 57.4 Å². The molecule has 0 N–H and O–H groups in total. The van der Waals surface area contributed by atoms with E-state index in [4.69, 9.17) is 5.53 Å². The molecule has 0 heterocycles. The summed E-state index contributed by atoms with van der Waals surface area (Å²) in [6, 6.07) is 8.25. The summed E-state index contributed by atoms with van der Waals surface area (Å²) in [4.78, 5) is 14.2. The number of rotatable bonds is 7. The van der Waals surface area contributed by atoms with Crippen LogP contribution in [0.5, 0.6) is 0 Å². The Morgan fingerprint density at radius 2 is 2.00 bits per heavy atom. The summed E-state index contributed by atoms with van der Waals surface area (Å²) < 4.78 is 4.65. The van der Waals surface area contributed by atoms with E-state index in [0.29, 0.717) is 12.3 Å². The summed E-state index contributed by atoms with van der Waals surface area (Å²) in [5, 5.41) is 4.06. The number of hydrogen-bond donors (Lipinski definition) is 0. The molecule has 23 heavy (non-hydrogen) atoms. The molecular formula is C18H25N3O2. The highest BCUT2D eigenvalue weighted by molar-refractivity contribution is 5.69. The first-order chi connectivity index (χ1) is 11.2. The summed E-state index contributed by atoms with van der Waals surface area (Å²) in [7, 11) is 1.41. The number of ether oxygens (including phenoxy) is 1. The van der Waals surface area contributed by atoms with Gasteiger partial charge in [-0.05, 0) is 48.3 Å². The molecule has 0 radical (unpaired) electrons. The Morgan fingerprint density at radius 1 is 1.30 bits per heavy atom. The largest absolute Gasteiger partial charge is 0.469 e. The smallest absolute Gasteiger partial charge is 0.305 e. The van der Waals surface area contributed by atoms with Crippen LogP contribution in [0, 0.1) is 5.92 Å². The van der Waals surface area contributed by atoms with Crippen LogP contribution in [0.2, 0.25) is 0 Å². The molecule has 5 nitrogen and oxygen atoms in total. The lowest BCUT2D eigenvalue weighted by Gasteiger charge is -2.27. The molecule has 0 aromatic heterocycles. The van der Waals surface area contributed by atoms with Gasteiger partial charge in [0.25, 0.3) is 0 Å². The lowest BCUT2D eigenvalue weighted by Crippen LogP contribution is -2.14. The maximum absolute atomic E-state index is 11.1. The molecule has 0 amide bonds. The third kappa shape index (κ3) is 5.29. The Kier molecular flexibility index (Phi) is 6.95. The second-order valence-electron chi connectivity index (χ2n) is 6.22. The molecule has 0 aliphatic heterocycles. The first-order valence-corrected chi connectivity index (χ1v) is 8.44. The van der Waals surface area contributed by atoms with Crippen LogP contribution in [0.25, 0.3) is 10.4 Å².